The second kappa shape index (κ2) is 9.68. The Morgan fingerprint density at radius 3 is 2.40 bits per heavy atom. The van der Waals surface area contributed by atoms with Crippen molar-refractivity contribution in [3.63, 3.8) is 0 Å². The first-order chi connectivity index (χ1) is 14.3. The predicted octanol–water partition coefficient (Wildman–Crippen LogP) is 5.04. The lowest BCUT2D eigenvalue weighted by molar-refractivity contribution is 0.0694. The summed E-state index contributed by atoms with van der Waals surface area (Å²) in [6.07, 6.45) is 0. The van der Waals surface area contributed by atoms with Crippen molar-refractivity contribution in [3.05, 3.63) is 76.4 Å². The molecule has 0 aliphatic heterocycles. The van der Waals surface area contributed by atoms with E-state index in [1.165, 1.54) is 11.8 Å². The Hall–Kier alpha value is -2.98. The largest absolute Gasteiger partial charge is 0.477 e. The van der Waals surface area contributed by atoms with Gasteiger partial charge in [0, 0.05) is 18.4 Å². The Kier molecular flexibility index (Phi) is 7.01. The van der Waals surface area contributed by atoms with Crippen molar-refractivity contribution in [1.82, 2.24) is 9.69 Å². The monoisotopic (exact) mass is 449 g/mol. The second-order valence-electron chi connectivity index (χ2n) is 6.36. The van der Waals surface area contributed by atoms with Gasteiger partial charge in [-0.25, -0.2) is 18.4 Å². The number of carbonyl (C=O) groups is 2. The molecule has 0 aliphatic rings. The highest BCUT2D eigenvalue weighted by atomic mass is 32.2. The van der Waals surface area contributed by atoms with Gasteiger partial charge in [0.25, 0.3) is 0 Å². The summed E-state index contributed by atoms with van der Waals surface area (Å²) in [6.45, 7) is 1.85. The number of hydrogen-bond acceptors (Lipinski definition) is 5. The van der Waals surface area contributed by atoms with Crippen LogP contribution < -0.4 is 10.6 Å². The first kappa shape index (κ1) is 21.7. The molecule has 156 valence electrons. The van der Waals surface area contributed by atoms with Crippen LogP contribution in [0.3, 0.4) is 0 Å². The normalized spacial score (nSPS) is 10.6. The van der Waals surface area contributed by atoms with Crippen LogP contribution in [0, 0.1) is 18.6 Å². The molecule has 3 rings (SSSR count). The molecule has 30 heavy (non-hydrogen) atoms. The molecule has 10 heteroatoms. The molecule has 0 radical (unpaired) electrons. The Morgan fingerprint density at radius 1 is 1.10 bits per heavy atom. The molecule has 6 nitrogen and oxygen atoms in total. The highest BCUT2D eigenvalue weighted by Crippen LogP contribution is 2.33. The highest BCUT2D eigenvalue weighted by Gasteiger charge is 2.22. The van der Waals surface area contributed by atoms with Crippen LogP contribution >= 0.6 is 23.3 Å². The van der Waals surface area contributed by atoms with Gasteiger partial charge < -0.3 is 10.4 Å². The van der Waals surface area contributed by atoms with E-state index >= 15 is 0 Å². The van der Waals surface area contributed by atoms with Crippen LogP contribution in [0.1, 0.15) is 27.0 Å². The van der Waals surface area contributed by atoms with Crippen molar-refractivity contribution in [2.24, 2.45) is 0 Å². The van der Waals surface area contributed by atoms with Gasteiger partial charge in [-0.15, -0.1) is 0 Å². The predicted molar refractivity (Wildman–Crippen MR) is 112 cm³/mol. The lowest BCUT2D eigenvalue weighted by Gasteiger charge is -2.07. The van der Waals surface area contributed by atoms with Gasteiger partial charge in [-0.05, 0) is 41.7 Å². The number of carbonyl (C=O) groups excluding carboxylic acids is 1. The van der Waals surface area contributed by atoms with Crippen LogP contribution in [-0.4, -0.2) is 21.5 Å². The zero-order valence-corrected chi connectivity index (χ0v) is 17.4. The number of nitrogens with zero attached hydrogens (tertiary/aromatic N) is 1. The highest BCUT2D eigenvalue weighted by molar-refractivity contribution is 7.98. The fourth-order valence-electron chi connectivity index (χ4n) is 2.53. The third-order valence-electron chi connectivity index (χ3n) is 3.97. The number of nitrogens with one attached hydrogen (secondary N) is 2. The zero-order chi connectivity index (χ0) is 21.7. The number of aromatic nitrogens is 1. The molecule has 1 aromatic heterocycles. The van der Waals surface area contributed by atoms with E-state index in [1.807, 2.05) is 31.2 Å². The molecule has 0 bridgehead atoms. The number of amides is 2. The van der Waals surface area contributed by atoms with Gasteiger partial charge >= 0.3 is 12.0 Å². The first-order valence-electron chi connectivity index (χ1n) is 8.73. The topological polar surface area (TPSA) is 91.3 Å². The van der Waals surface area contributed by atoms with E-state index in [0.29, 0.717) is 10.8 Å². The number of halogens is 2. The van der Waals surface area contributed by atoms with Crippen LogP contribution in [0.4, 0.5) is 18.6 Å². The van der Waals surface area contributed by atoms with E-state index in [-0.39, 0.29) is 22.7 Å². The van der Waals surface area contributed by atoms with Crippen molar-refractivity contribution < 1.29 is 23.5 Å². The minimum Gasteiger partial charge on any atom is -0.477 e. The minimum atomic E-state index is -1.21. The van der Waals surface area contributed by atoms with Gasteiger partial charge in [0.15, 0.2) is 0 Å². The quantitative estimate of drug-likeness (QED) is 0.440. The Bertz CT molecular complexity index is 1050. The summed E-state index contributed by atoms with van der Waals surface area (Å²) in [6, 6.07) is 10.1. The van der Waals surface area contributed by atoms with Crippen LogP contribution in [0.25, 0.3) is 0 Å². The summed E-state index contributed by atoms with van der Waals surface area (Å²) in [7, 11) is 0. The van der Waals surface area contributed by atoms with Gasteiger partial charge in [-0.2, -0.15) is 4.37 Å². The third-order valence-corrected chi connectivity index (χ3v) is 5.90. The third kappa shape index (κ3) is 5.77. The van der Waals surface area contributed by atoms with Crippen molar-refractivity contribution in [2.45, 2.75) is 24.2 Å². The van der Waals surface area contributed by atoms with Crippen LogP contribution in [-0.2, 0) is 12.3 Å². The summed E-state index contributed by atoms with van der Waals surface area (Å²) >= 11 is 2.11. The fourth-order valence-corrected chi connectivity index (χ4v) is 4.42. The SMILES string of the molecule is Cc1ccc(CSc2nsc(NC(=O)NCc3cc(F)cc(F)c3)c2C(=O)O)cc1. The molecule has 2 amide bonds. The Labute approximate surface area is 179 Å². The van der Waals surface area contributed by atoms with Crippen LogP contribution in [0.5, 0.6) is 0 Å². The van der Waals surface area contributed by atoms with Gasteiger partial charge in [0.2, 0.25) is 0 Å². The van der Waals surface area contributed by atoms with E-state index in [1.54, 1.807) is 0 Å². The number of thioether (sulfide) groups is 1. The average Bonchev–Trinajstić information content (AvgIpc) is 3.08. The van der Waals surface area contributed by atoms with E-state index in [9.17, 15) is 23.5 Å². The van der Waals surface area contributed by atoms with Crippen molar-refractivity contribution in [3.8, 4) is 0 Å². The molecule has 0 fully saturated rings. The molecule has 2 aromatic carbocycles. The van der Waals surface area contributed by atoms with E-state index in [0.717, 1.165) is 40.9 Å². The molecule has 1 heterocycles. The summed E-state index contributed by atoms with van der Waals surface area (Å²) in [4.78, 5) is 23.8. The zero-order valence-electron chi connectivity index (χ0n) is 15.7. The number of benzene rings is 2. The number of aromatic carboxylic acids is 1. The molecule has 0 atom stereocenters. The van der Waals surface area contributed by atoms with Crippen molar-refractivity contribution in [1.29, 1.82) is 0 Å². The molecule has 3 N–H and O–H groups in total. The second-order valence-corrected chi connectivity index (χ2v) is 8.09. The number of urea groups is 1. The Morgan fingerprint density at radius 2 is 1.77 bits per heavy atom. The number of hydrogen-bond donors (Lipinski definition) is 3. The molecule has 0 saturated heterocycles. The van der Waals surface area contributed by atoms with Gasteiger partial charge in [0.05, 0.1) is 0 Å². The van der Waals surface area contributed by atoms with Gasteiger partial charge in [-0.3, -0.25) is 5.32 Å². The summed E-state index contributed by atoms with van der Waals surface area (Å²) < 4.78 is 30.6. The first-order valence-corrected chi connectivity index (χ1v) is 10.5. The molecule has 3 aromatic rings. The maximum absolute atomic E-state index is 13.2. The lowest BCUT2D eigenvalue weighted by Crippen LogP contribution is -2.28. The summed E-state index contributed by atoms with van der Waals surface area (Å²) in [5, 5.41) is 14.8. The lowest BCUT2D eigenvalue weighted by atomic mass is 10.2. The number of carboxylic acids is 1. The number of anilines is 1. The minimum absolute atomic E-state index is 0.0804. The van der Waals surface area contributed by atoms with Gasteiger partial charge in [-0.1, -0.05) is 41.6 Å². The fraction of sp³-hybridized carbons (Fsp3) is 0.150. The van der Waals surface area contributed by atoms with Crippen LogP contribution in [0.15, 0.2) is 47.5 Å². The molecule has 0 unspecified atom stereocenters. The number of carboxylic acid groups (broad SMARTS) is 1. The number of rotatable bonds is 7. The summed E-state index contributed by atoms with van der Waals surface area (Å²) in [5.74, 6) is -2.19. The molecule has 0 spiro atoms. The molecule has 0 saturated carbocycles. The van der Waals surface area contributed by atoms with Gasteiger partial charge in [0.1, 0.15) is 27.2 Å². The van der Waals surface area contributed by atoms with Crippen molar-refractivity contribution >= 4 is 40.3 Å². The maximum Gasteiger partial charge on any atom is 0.341 e. The smallest absolute Gasteiger partial charge is 0.341 e. The molecule has 0 aliphatic carbocycles. The molecular weight excluding hydrogens is 432 g/mol. The van der Waals surface area contributed by atoms with E-state index in [4.69, 9.17) is 0 Å². The van der Waals surface area contributed by atoms with Crippen molar-refractivity contribution in [2.75, 3.05) is 5.32 Å². The Balaban J connectivity index is 1.64. The standard InChI is InChI=1S/C20H17F2N3O3S2/c1-11-2-4-12(5-3-11)10-29-18-16(19(26)27)17(30-25-18)24-20(28)23-9-13-6-14(21)8-15(22)7-13/h2-8H,9-10H2,1H3,(H,26,27)(H2,23,24,28). The van der Waals surface area contributed by atoms with E-state index in [2.05, 4.69) is 15.0 Å². The summed E-state index contributed by atoms with van der Waals surface area (Å²) in [5.41, 5.74) is 2.29. The maximum atomic E-state index is 13.2. The average molecular weight is 450 g/mol. The van der Waals surface area contributed by atoms with E-state index < -0.39 is 23.6 Å². The molecular formula is C20H17F2N3O3S2. The van der Waals surface area contributed by atoms with Crippen LogP contribution in [0.2, 0.25) is 0 Å². The number of aryl methyl sites for hydroxylation is 1.